The number of benzene rings is 1. The first-order chi connectivity index (χ1) is 18.9. The lowest BCUT2D eigenvalue weighted by molar-refractivity contribution is -0.139. The van der Waals surface area contributed by atoms with E-state index in [-0.39, 0.29) is 47.9 Å². The highest BCUT2D eigenvalue weighted by Gasteiger charge is 2.48. The van der Waals surface area contributed by atoms with Crippen molar-refractivity contribution in [1.29, 1.82) is 0 Å². The molecule has 2 bridgehead atoms. The maximum absolute atomic E-state index is 13.7. The van der Waals surface area contributed by atoms with Gasteiger partial charge in [0.1, 0.15) is 5.69 Å². The summed E-state index contributed by atoms with van der Waals surface area (Å²) in [6.45, 7) is 5.07. The van der Waals surface area contributed by atoms with Gasteiger partial charge in [0.2, 0.25) is 5.91 Å². The number of ketones is 1. The van der Waals surface area contributed by atoms with Gasteiger partial charge in [-0.3, -0.25) is 19.4 Å². The number of aromatic nitrogens is 2. The van der Waals surface area contributed by atoms with Crippen LogP contribution in [0, 0.1) is 11.8 Å². The van der Waals surface area contributed by atoms with E-state index in [2.05, 4.69) is 16.0 Å². The molecular weight excluding hydrogens is 488 g/mol. The summed E-state index contributed by atoms with van der Waals surface area (Å²) in [7, 11) is 0. The Hall–Kier alpha value is -3.48. The summed E-state index contributed by atoms with van der Waals surface area (Å²) in [5.41, 5.74) is 3.21. The Morgan fingerprint density at radius 2 is 1.72 bits per heavy atom. The summed E-state index contributed by atoms with van der Waals surface area (Å²) < 4.78 is 0. The number of carbonyl (C=O) groups excluding carboxylic acids is 3. The van der Waals surface area contributed by atoms with Gasteiger partial charge in [0.15, 0.2) is 5.78 Å². The van der Waals surface area contributed by atoms with Crippen molar-refractivity contribution in [3.63, 3.8) is 0 Å². The number of para-hydroxylation sites is 1. The molecule has 39 heavy (non-hydrogen) atoms. The Kier molecular flexibility index (Phi) is 7.00. The highest BCUT2D eigenvalue weighted by atomic mass is 16.2. The average molecular weight is 527 g/mol. The first-order valence-electron chi connectivity index (χ1n) is 14.6. The van der Waals surface area contributed by atoms with E-state index in [1.807, 2.05) is 66.2 Å². The summed E-state index contributed by atoms with van der Waals surface area (Å²) in [5, 5.41) is 0.994. The van der Waals surface area contributed by atoms with Crippen molar-refractivity contribution in [2.45, 2.75) is 76.8 Å². The van der Waals surface area contributed by atoms with Crippen molar-refractivity contribution in [2.75, 3.05) is 13.1 Å². The molecule has 3 aromatic rings. The number of pyridine rings is 1. The minimum absolute atomic E-state index is 0.00242. The van der Waals surface area contributed by atoms with Gasteiger partial charge < -0.3 is 14.8 Å². The molecule has 0 spiro atoms. The predicted octanol–water partition coefficient (Wildman–Crippen LogP) is 5.58. The molecule has 2 aliphatic heterocycles. The second-order valence-electron chi connectivity index (χ2n) is 12.1. The van der Waals surface area contributed by atoms with Crippen molar-refractivity contribution in [3.05, 3.63) is 65.6 Å². The maximum atomic E-state index is 13.7. The van der Waals surface area contributed by atoms with Crippen LogP contribution in [0.15, 0.2) is 48.7 Å². The van der Waals surface area contributed by atoms with Crippen LogP contribution in [0.4, 0.5) is 0 Å². The summed E-state index contributed by atoms with van der Waals surface area (Å²) in [6, 6.07) is 13.6. The number of nitrogens with zero attached hydrogens (tertiary/aromatic N) is 3. The van der Waals surface area contributed by atoms with Crippen LogP contribution in [0.25, 0.3) is 10.9 Å². The van der Waals surface area contributed by atoms with Crippen LogP contribution in [0.2, 0.25) is 0 Å². The smallest absolute Gasteiger partial charge is 0.272 e. The summed E-state index contributed by atoms with van der Waals surface area (Å²) >= 11 is 0. The zero-order valence-electron chi connectivity index (χ0n) is 22.9. The van der Waals surface area contributed by atoms with E-state index in [1.54, 1.807) is 0 Å². The van der Waals surface area contributed by atoms with Gasteiger partial charge in [-0.15, -0.1) is 0 Å². The van der Waals surface area contributed by atoms with Gasteiger partial charge in [-0.25, -0.2) is 0 Å². The maximum Gasteiger partial charge on any atom is 0.272 e. The topological polar surface area (TPSA) is 86.4 Å². The largest absolute Gasteiger partial charge is 0.352 e. The van der Waals surface area contributed by atoms with Crippen molar-refractivity contribution in [1.82, 2.24) is 19.8 Å². The minimum atomic E-state index is -0.388. The number of rotatable bonds is 7. The fourth-order valence-corrected chi connectivity index (χ4v) is 6.90. The number of likely N-dealkylation sites (tertiary alicyclic amines) is 2. The van der Waals surface area contributed by atoms with Crippen LogP contribution < -0.4 is 0 Å². The van der Waals surface area contributed by atoms with E-state index in [0.29, 0.717) is 30.4 Å². The molecule has 2 amide bonds. The molecule has 6 rings (SSSR count). The molecule has 2 saturated heterocycles. The van der Waals surface area contributed by atoms with E-state index in [9.17, 15) is 14.4 Å². The number of hydrogen-bond acceptors (Lipinski definition) is 4. The lowest BCUT2D eigenvalue weighted by Crippen LogP contribution is -2.52. The highest BCUT2D eigenvalue weighted by Crippen LogP contribution is 2.35. The van der Waals surface area contributed by atoms with Gasteiger partial charge in [0, 0.05) is 42.5 Å². The Labute approximate surface area is 230 Å². The third kappa shape index (κ3) is 4.99. The van der Waals surface area contributed by atoms with Crippen LogP contribution in [0.5, 0.6) is 0 Å². The molecule has 3 atom stereocenters. The van der Waals surface area contributed by atoms with E-state index >= 15 is 0 Å². The van der Waals surface area contributed by atoms with E-state index in [0.717, 1.165) is 17.3 Å². The van der Waals surface area contributed by atoms with Crippen molar-refractivity contribution in [3.8, 4) is 0 Å². The van der Waals surface area contributed by atoms with Crippen LogP contribution in [0.3, 0.4) is 0 Å². The molecule has 3 fully saturated rings. The number of carbonyl (C=O) groups is 3. The normalized spacial score (nSPS) is 22.1. The fourth-order valence-electron chi connectivity index (χ4n) is 6.90. The summed E-state index contributed by atoms with van der Waals surface area (Å²) in [6.07, 6.45) is 9.13. The molecular formula is C32H38N4O3. The SMILES string of the molecule is CC(C)[C@H](CC(=O)c1cc2ccccc2[nH]1)C(=O)N1C[C@@H]2C[C@H]1CN2C(=O)c1ccc(C2CCCCC2)cn1. The molecule has 1 N–H and O–H groups in total. The molecule has 1 aliphatic carbocycles. The molecule has 4 heterocycles. The van der Waals surface area contributed by atoms with Gasteiger partial charge >= 0.3 is 0 Å². The molecule has 1 aromatic carbocycles. The number of hydrogen-bond donors (Lipinski definition) is 1. The van der Waals surface area contributed by atoms with Crippen LogP contribution in [-0.4, -0.2) is 62.5 Å². The number of nitrogens with one attached hydrogen (secondary N) is 1. The average Bonchev–Trinajstić information content (AvgIpc) is 3.70. The lowest BCUT2D eigenvalue weighted by atomic mass is 9.85. The molecule has 2 aromatic heterocycles. The van der Waals surface area contributed by atoms with Gasteiger partial charge in [0.25, 0.3) is 5.91 Å². The predicted molar refractivity (Wildman–Crippen MR) is 151 cm³/mol. The Morgan fingerprint density at radius 3 is 2.38 bits per heavy atom. The quantitative estimate of drug-likeness (QED) is 0.407. The van der Waals surface area contributed by atoms with Crippen LogP contribution in [0.1, 0.15) is 91.3 Å². The van der Waals surface area contributed by atoms with Crippen molar-refractivity contribution >= 4 is 28.5 Å². The van der Waals surface area contributed by atoms with E-state index in [1.165, 1.54) is 37.7 Å². The number of aromatic amines is 1. The third-order valence-corrected chi connectivity index (χ3v) is 9.22. The molecule has 7 nitrogen and oxygen atoms in total. The van der Waals surface area contributed by atoms with Gasteiger partial charge in [0.05, 0.1) is 17.8 Å². The minimum Gasteiger partial charge on any atom is -0.352 e. The number of fused-ring (bicyclic) bond motifs is 3. The fraction of sp³-hybridized carbons (Fsp3) is 0.500. The lowest BCUT2D eigenvalue weighted by Gasteiger charge is -2.36. The molecule has 3 aliphatic rings. The van der Waals surface area contributed by atoms with Gasteiger partial charge in [-0.1, -0.05) is 57.4 Å². The third-order valence-electron chi connectivity index (χ3n) is 9.22. The first-order valence-corrected chi connectivity index (χ1v) is 14.6. The number of H-pyrrole nitrogens is 1. The monoisotopic (exact) mass is 526 g/mol. The van der Waals surface area contributed by atoms with E-state index < -0.39 is 0 Å². The van der Waals surface area contributed by atoms with Crippen LogP contribution >= 0.6 is 0 Å². The number of piperazine rings is 1. The molecule has 204 valence electrons. The zero-order valence-corrected chi connectivity index (χ0v) is 22.9. The summed E-state index contributed by atoms with van der Waals surface area (Å²) in [5.74, 6) is 0.163. The standard InChI is InChI=1S/C32H38N4O3/c1-20(2)26(16-30(37)29-14-22-10-6-7-11-27(22)34-29)31(38)35-18-25-15-24(35)19-36(25)32(39)28-13-12-23(17-33-28)21-8-4-3-5-9-21/h6-7,10-14,17,20-21,24-26,34H,3-5,8-9,15-16,18-19H2,1-2H3/t24-,25-,26-/m0/s1. The Morgan fingerprint density at radius 1 is 0.974 bits per heavy atom. The van der Waals surface area contributed by atoms with Crippen molar-refractivity contribution in [2.24, 2.45) is 11.8 Å². The van der Waals surface area contributed by atoms with E-state index in [4.69, 9.17) is 0 Å². The summed E-state index contributed by atoms with van der Waals surface area (Å²) in [4.78, 5) is 51.8. The Balaban J connectivity index is 1.09. The zero-order chi connectivity index (χ0) is 27.1. The molecule has 0 radical (unpaired) electrons. The van der Waals surface area contributed by atoms with Crippen LogP contribution in [-0.2, 0) is 4.79 Å². The second-order valence-corrected chi connectivity index (χ2v) is 12.1. The van der Waals surface area contributed by atoms with Gasteiger partial charge in [-0.05, 0) is 54.9 Å². The van der Waals surface area contributed by atoms with Crippen molar-refractivity contribution < 1.29 is 14.4 Å². The molecule has 0 unspecified atom stereocenters. The second kappa shape index (κ2) is 10.6. The Bertz CT molecular complexity index is 1340. The molecule has 7 heteroatoms. The number of Topliss-reactive ketones (excluding diaryl/α,β-unsaturated/α-hetero) is 1. The molecule has 1 saturated carbocycles. The number of amides is 2. The highest BCUT2D eigenvalue weighted by molar-refractivity contribution is 6.01. The van der Waals surface area contributed by atoms with Gasteiger partial charge in [-0.2, -0.15) is 0 Å². The first kappa shape index (κ1) is 25.8.